The van der Waals surface area contributed by atoms with Crippen LogP contribution in [0.3, 0.4) is 0 Å². The lowest BCUT2D eigenvalue weighted by Crippen LogP contribution is -2.24. The van der Waals surface area contributed by atoms with Gasteiger partial charge in [-0.2, -0.15) is 0 Å². The van der Waals surface area contributed by atoms with Gasteiger partial charge in [-0.05, 0) is 70.5 Å². The molecule has 4 aromatic rings. The Labute approximate surface area is 235 Å². The second kappa shape index (κ2) is 13.6. The van der Waals surface area contributed by atoms with Crippen LogP contribution in [-0.2, 0) is 50.6 Å². The number of Topliss-reactive ketones (excluding diaryl/α,β-unsaturated/α-hetero) is 1. The summed E-state index contributed by atoms with van der Waals surface area (Å²) in [6.07, 6.45) is 0.389. The molecule has 0 spiro atoms. The monoisotopic (exact) mass is 582 g/mol. The highest BCUT2D eigenvalue weighted by Gasteiger charge is 2.30. The van der Waals surface area contributed by atoms with Gasteiger partial charge in [-0.25, -0.2) is 25.6 Å². The largest absolute Gasteiger partial charge is 0.298 e. The van der Waals surface area contributed by atoms with Gasteiger partial charge in [-0.3, -0.25) is 4.79 Å². The predicted octanol–water partition coefficient (Wildman–Crippen LogP) is 5.11. The van der Waals surface area contributed by atoms with Crippen molar-refractivity contribution in [2.24, 2.45) is 0 Å². The van der Waals surface area contributed by atoms with Gasteiger partial charge in [0, 0.05) is 11.8 Å². The summed E-state index contributed by atoms with van der Waals surface area (Å²) >= 11 is 0. The summed E-state index contributed by atoms with van der Waals surface area (Å²) in [5.41, 5.74) is 3.68. The van der Waals surface area contributed by atoms with Crippen molar-refractivity contribution in [3.05, 3.63) is 142 Å². The molecule has 40 heavy (non-hydrogen) atoms. The Kier molecular flexibility index (Phi) is 9.95. The van der Waals surface area contributed by atoms with Crippen LogP contribution in [0.25, 0.3) is 0 Å². The molecule has 208 valence electrons. The summed E-state index contributed by atoms with van der Waals surface area (Å²) < 4.78 is 72.8. The van der Waals surface area contributed by atoms with E-state index in [1.807, 2.05) is 0 Å². The zero-order valence-corrected chi connectivity index (χ0v) is 23.2. The van der Waals surface area contributed by atoms with Crippen molar-refractivity contribution < 1.29 is 30.4 Å². The van der Waals surface area contributed by atoms with Crippen LogP contribution in [0, 0.1) is 11.6 Å². The van der Waals surface area contributed by atoms with Gasteiger partial charge in [0.15, 0.2) is 0 Å². The van der Waals surface area contributed by atoms with E-state index in [2.05, 4.69) is 0 Å². The zero-order chi connectivity index (χ0) is 28.6. The quantitative estimate of drug-likeness (QED) is 0.227. The second-order valence-electron chi connectivity index (χ2n) is 9.64. The number of carbonyl (C=O) groups is 1. The first kappa shape index (κ1) is 29.3. The molecule has 4 aromatic carbocycles. The highest BCUT2D eigenvalue weighted by atomic mass is 32.2. The molecule has 2 unspecified atom stereocenters. The molecule has 0 aromatic heterocycles. The highest BCUT2D eigenvalue weighted by molar-refractivity contribution is 7.71. The maximum absolute atomic E-state index is 14.4. The van der Waals surface area contributed by atoms with Crippen LogP contribution >= 0.6 is 0 Å². The van der Waals surface area contributed by atoms with E-state index in [1.165, 1.54) is 24.3 Å². The number of hydrogen-bond donors (Lipinski definition) is 2. The lowest BCUT2D eigenvalue weighted by atomic mass is 9.78. The van der Waals surface area contributed by atoms with Crippen LogP contribution in [0.15, 0.2) is 97.1 Å². The van der Waals surface area contributed by atoms with Gasteiger partial charge in [-0.15, -0.1) is 0 Å². The van der Waals surface area contributed by atoms with Gasteiger partial charge in [0.2, 0.25) is 0 Å². The van der Waals surface area contributed by atoms with E-state index >= 15 is 0 Å². The number of hydrogen-bond acceptors (Lipinski definition) is 5. The van der Waals surface area contributed by atoms with E-state index in [-0.39, 0.29) is 30.1 Å². The molecule has 0 saturated heterocycles. The number of halogens is 2. The van der Waals surface area contributed by atoms with E-state index in [1.54, 1.807) is 72.8 Å². The van der Waals surface area contributed by atoms with Crippen molar-refractivity contribution in [3.8, 4) is 0 Å². The predicted molar refractivity (Wildman–Crippen MR) is 152 cm³/mol. The number of rotatable bonds is 12. The first-order valence-corrected chi connectivity index (χ1v) is 15.3. The first-order chi connectivity index (χ1) is 19.2. The Morgan fingerprint density at radius 2 is 0.925 bits per heavy atom. The summed E-state index contributed by atoms with van der Waals surface area (Å²) in [5, 5.41) is 0. The van der Waals surface area contributed by atoms with Crippen LogP contribution in [-0.4, -0.2) is 22.6 Å². The Morgan fingerprint density at radius 3 is 1.25 bits per heavy atom. The average molecular weight is 583 g/mol. The zero-order valence-electron chi connectivity index (χ0n) is 21.4. The molecule has 5 nitrogen and oxygen atoms in total. The third kappa shape index (κ3) is 8.16. The van der Waals surface area contributed by atoms with Crippen LogP contribution in [0.1, 0.15) is 45.2 Å². The van der Waals surface area contributed by atoms with Crippen molar-refractivity contribution in [1.29, 1.82) is 0 Å². The smallest absolute Gasteiger partial charge is 0.148 e. The molecule has 0 aliphatic rings. The normalized spacial score (nSPS) is 12.9. The van der Waals surface area contributed by atoms with E-state index in [4.69, 9.17) is 0 Å². The molecule has 2 atom stereocenters. The summed E-state index contributed by atoms with van der Waals surface area (Å²) in [4.78, 5) is 14.4. The number of thiol groups is 2. The van der Waals surface area contributed by atoms with E-state index in [0.29, 0.717) is 33.4 Å². The summed E-state index contributed by atoms with van der Waals surface area (Å²) in [6.45, 7) is 0. The SMILES string of the molecule is O=C(C(Cc1cccc(F)c1)c1ccc(C[SH](=O)=O)cc1)C(Cc1cccc(F)c1)c1ccc(C[SH](=O)=O)cc1. The van der Waals surface area contributed by atoms with Crippen molar-refractivity contribution in [2.45, 2.75) is 36.2 Å². The summed E-state index contributed by atoms with van der Waals surface area (Å²) in [6, 6.07) is 25.5. The molecule has 0 aliphatic carbocycles. The lowest BCUT2D eigenvalue weighted by molar-refractivity contribution is -0.122. The van der Waals surface area contributed by atoms with Crippen molar-refractivity contribution in [3.63, 3.8) is 0 Å². The Hall–Kier alpha value is -3.69. The number of benzene rings is 4. The minimum atomic E-state index is -2.62. The van der Waals surface area contributed by atoms with E-state index < -0.39 is 44.9 Å². The molecule has 0 heterocycles. The fourth-order valence-electron chi connectivity index (χ4n) is 4.82. The third-order valence-corrected chi connectivity index (χ3v) is 7.98. The fourth-order valence-corrected chi connectivity index (χ4v) is 5.83. The van der Waals surface area contributed by atoms with Gasteiger partial charge >= 0.3 is 0 Å². The molecule has 0 saturated carbocycles. The first-order valence-electron chi connectivity index (χ1n) is 12.6. The fraction of sp³-hybridized carbons (Fsp3) is 0.194. The van der Waals surface area contributed by atoms with Crippen LogP contribution < -0.4 is 0 Å². The van der Waals surface area contributed by atoms with Gasteiger partial charge in [0.1, 0.15) is 38.8 Å². The van der Waals surface area contributed by atoms with Crippen molar-refractivity contribution in [1.82, 2.24) is 0 Å². The van der Waals surface area contributed by atoms with Crippen LogP contribution in [0.5, 0.6) is 0 Å². The number of carbonyl (C=O) groups excluding carboxylic acids is 1. The molecule has 4 rings (SSSR count). The number of ketones is 1. The van der Waals surface area contributed by atoms with Crippen LogP contribution in [0.4, 0.5) is 8.78 Å². The maximum Gasteiger partial charge on any atom is 0.148 e. The second-order valence-corrected chi connectivity index (χ2v) is 11.6. The van der Waals surface area contributed by atoms with Gasteiger partial charge in [0.25, 0.3) is 0 Å². The molecule has 0 bridgehead atoms. The van der Waals surface area contributed by atoms with Crippen molar-refractivity contribution >= 4 is 27.2 Å². The molecule has 0 amide bonds. The third-order valence-electron chi connectivity index (χ3n) is 6.73. The lowest BCUT2D eigenvalue weighted by Gasteiger charge is -2.24. The van der Waals surface area contributed by atoms with E-state index in [9.17, 15) is 30.4 Å². The molecule has 9 heteroatoms. The minimum Gasteiger partial charge on any atom is -0.298 e. The summed E-state index contributed by atoms with van der Waals surface area (Å²) in [7, 11) is -5.23. The Morgan fingerprint density at radius 1 is 0.550 bits per heavy atom. The molecular weight excluding hydrogens is 554 g/mol. The maximum atomic E-state index is 14.4. The molecule has 0 N–H and O–H groups in total. The van der Waals surface area contributed by atoms with Crippen molar-refractivity contribution in [2.75, 3.05) is 0 Å². The standard InChI is InChI=1S/C31H28F2O5S2/c32-27-5-1-3-23(15-27)17-29(25-11-7-21(8-12-25)19-39(35)36)31(34)30(18-24-4-2-6-28(33)16-24)26-13-9-22(10-14-26)20-40(37)38/h1-16,29-30,39-40H,17-20H2. The van der Waals surface area contributed by atoms with Gasteiger partial charge in [0.05, 0.1) is 11.5 Å². The summed E-state index contributed by atoms with van der Waals surface area (Å²) in [5.74, 6) is -2.72. The highest BCUT2D eigenvalue weighted by Crippen LogP contribution is 2.33. The molecular formula is C31H28F2O5S2. The Bertz CT molecular complexity index is 1490. The van der Waals surface area contributed by atoms with Gasteiger partial charge in [-0.1, -0.05) is 72.8 Å². The Balaban J connectivity index is 1.76. The minimum absolute atomic E-state index is 0.123. The van der Waals surface area contributed by atoms with Gasteiger partial charge < -0.3 is 0 Å². The molecule has 0 fully saturated rings. The average Bonchev–Trinajstić information content (AvgIpc) is 2.91. The molecule has 0 radical (unpaired) electrons. The van der Waals surface area contributed by atoms with Crippen LogP contribution in [0.2, 0.25) is 0 Å². The molecule has 0 aliphatic heterocycles. The topological polar surface area (TPSA) is 85.3 Å². The van der Waals surface area contributed by atoms with E-state index in [0.717, 1.165) is 0 Å².